The van der Waals surface area contributed by atoms with Crippen molar-refractivity contribution in [3.8, 4) is 0 Å². The van der Waals surface area contributed by atoms with E-state index >= 15 is 0 Å². The van der Waals surface area contributed by atoms with Crippen LogP contribution in [0.25, 0.3) is 11.6 Å². The fourth-order valence-electron chi connectivity index (χ4n) is 2.76. The monoisotopic (exact) mass is 342 g/mol. The van der Waals surface area contributed by atoms with Crippen molar-refractivity contribution in [1.29, 1.82) is 0 Å². The maximum atomic E-state index is 4.22. The molecule has 0 bridgehead atoms. The molecular weight excluding hydrogens is 312 g/mol. The summed E-state index contributed by atoms with van der Waals surface area (Å²) in [6.45, 7) is 15.1. The summed E-state index contributed by atoms with van der Waals surface area (Å²) in [6.07, 6.45) is 10.2. The van der Waals surface area contributed by atoms with Gasteiger partial charge in [0, 0.05) is 0 Å². The highest BCUT2D eigenvalue weighted by Crippen LogP contribution is 2.23. The Kier molecular flexibility index (Phi) is 6.97. The van der Waals surface area contributed by atoms with Crippen molar-refractivity contribution in [1.82, 2.24) is 0 Å². The van der Waals surface area contributed by atoms with Gasteiger partial charge in [-0.25, -0.2) is 0 Å². The standard InChI is InChI=1S/C26H30/c1-21(14-15-23-12-7-6-8-13-23)10-9-11-22(2)25-18-16-24(17-19-25)20-26(3,4)5/h6-10,12-19H,1-2,11,20H2,3-5H3/b10-9-,15-14+. The minimum Gasteiger partial charge on any atom is -0.0949 e. The van der Waals surface area contributed by atoms with Crippen molar-refractivity contribution in [2.75, 3.05) is 0 Å². The van der Waals surface area contributed by atoms with Crippen LogP contribution in [0.3, 0.4) is 0 Å². The van der Waals surface area contributed by atoms with Gasteiger partial charge in [-0.2, -0.15) is 0 Å². The van der Waals surface area contributed by atoms with Crippen LogP contribution >= 0.6 is 0 Å². The number of rotatable bonds is 7. The second-order valence-corrected chi connectivity index (χ2v) is 7.96. The first-order valence-corrected chi connectivity index (χ1v) is 9.19. The highest BCUT2D eigenvalue weighted by atomic mass is 14.2. The summed E-state index contributed by atoms with van der Waals surface area (Å²) in [5, 5.41) is 0. The molecule has 0 heteroatoms. The zero-order valence-corrected chi connectivity index (χ0v) is 16.3. The van der Waals surface area contributed by atoms with E-state index in [0.29, 0.717) is 5.41 Å². The lowest BCUT2D eigenvalue weighted by molar-refractivity contribution is 0.411. The van der Waals surface area contributed by atoms with E-state index < -0.39 is 0 Å². The first-order chi connectivity index (χ1) is 12.3. The Morgan fingerprint density at radius 1 is 0.885 bits per heavy atom. The quantitative estimate of drug-likeness (QED) is 0.457. The molecule has 0 atom stereocenters. The molecule has 2 aromatic carbocycles. The van der Waals surface area contributed by atoms with Crippen LogP contribution in [0.15, 0.2) is 91.6 Å². The summed E-state index contributed by atoms with van der Waals surface area (Å²) >= 11 is 0. The average Bonchev–Trinajstić information content (AvgIpc) is 2.60. The van der Waals surface area contributed by atoms with Crippen LogP contribution in [0.2, 0.25) is 0 Å². The summed E-state index contributed by atoms with van der Waals surface area (Å²) in [7, 11) is 0. The lowest BCUT2D eigenvalue weighted by atomic mass is 9.87. The summed E-state index contributed by atoms with van der Waals surface area (Å²) in [6, 6.07) is 19.1. The topological polar surface area (TPSA) is 0 Å². The third-order valence-corrected chi connectivity index (χ3v) is 4.08. The van der Waals surface area contributed by atoms with E-state index in [0.717, 1.165) is 24.0 Å². The molecule has 2 aromatic rings. The van der Waals surface area contributed by atoms with Crippen molar-refractivity contribution in [3.05, 3.63) is 108 Å². The third-order valence-electron chi connectivity index (χ3n) is 4.08. The van der Waals surface area contributed by atoms with Crippen LogP contribution in [0.1, 0.15) is 43.9 Å². The van der Waals surface area contributed by atoms with Crippen LogP contribution in [0, 0.1) is 5.41 Å². The second kappa shape index (κ2) is 9.20. The molecule has 0 radical (unpaired) electrons. The zero-order valence-electron chi connectivity index (χ0n) is 16.3. The summed E-state index contributed by atoms with van der Waals surface area (Å²) in [4.78, 5) is 0. The van der Waals surface area contributed by atoms with Crippen molar-refractivity contribution in [3.63, 3.8) is 0 Å². The van der Waals surface area contributed by atoms with Crippen molar-refractivity contribution in [2.24, 2.45) is 5.41 Å². The van der Waals surface area contributed by atoms with Gasteiger partial charge in [0.05, 0.1) is 0 Å². The van der Waals surface area contributed by atoms with Crippen LogP contribution in [-0.2, 0) is 6.42 Å². The Hall–Kier alpha value is -2.60. The SMILES string of the molecule is C=C(/C=C\CC(=C)c1ccc(CC(C)(C)C)cc1)/C=C/c1ccccc1. The minimum atomic E-state index is 0.314. The summed E-state index contributed by atoms with van der Waals surface area (Å²) in [5.74, 6) is 0. The molecule has 0 N–H and O–H groups in total. The molecule has 0 saturated carbocycles. The maximum absolute atomic E-state index is 4.22. The molecule has 0 saturated heterocycles. The molecule has 0 aromatic heterocycles. The average molecular weight is 343 g/mol. The molecule has 2 rings (SSSR count). The normalized spacial score (nSPS) is 12.0. The summed E-state index contributed by atoms with van der Waals surface area (Å²) < 4.78 is 0. The maximum Gasteiger partial charge on any atom is -0.00941 e. The van der Waals surface area contributed by atoms with E-state index in [4.69, 9.17) is 0 Å². The molecule has 0 amide bonds. The van der Waals surface area contributed by atoms with Crippen LogP contribution in [0.4, 0.5) is 0 Å². The third kappa shape index (κ3) is 7.11. The van der Waals surface area contributed by atoms with Gasteiger partial charge in [-0.05, 0) is 46.1 Å². The molecule has 0 fully saturated rings. The molecule has 0 nitrogen and oxygen atoms in total. The molecule has 0 aliphatic carbocycles. The van der Waals surface area contributed by atoms with Crippen LogP contribution < -0.4 is 0 Å². The number of allylic oxidation sites excluding steroid dienone is 5. The van der Waals surface area contributed by atoms with E-state index in [1.54, 1.807) is 0 Å². The molecule has 0 aliphatic heterocycles. The van der Waals surface area contributed by atoms with E-state index in [1.807, 2.05) is 24.3 Å². The van der Waals surface area contributed by atoms with Crippen LogP contribution in [-0.4, -0.2) is 0 Å². The predicted molar refractivity (Wildman–Crippen MR) is 117 cm³/mol. The molecule has 134 valence electrons. The molecule has 0 unspecified atom stereocenters. The number of hydrogen-bond donors (Lipinski definition) is 0. The summed E-state index contributed by atoms with van der Waals surface area (Å²) in [5.41, 5.74) is 6.20. The zero-order chi connectivity index (χ0) is 19.0. The van der Waals surface area contributed by atoms with Crippen molar-refractivity contribution >= 4 is 11.6 Å². The smallest absolute Gasteiger partial charge is 0.00941 e. The Labute approximate surface area is 159 Å². The van der Waals surface area contributed by atoms with Gasteiger partial charge in [-0.3, -0.25) is 0 Å². The minimum absolute atomic E-state index is 0.314. The Balaban J connectivity index is 1.86. The van der Waals surface area contributed by atoms with E-state index in [9.17, 15) is 0 Å². The molecule has 26 heavy (non-hydrogen) atoms. The van der Waals surface area contributed by atoms with Crippen LogP contribution in [0.5, 0.6) is 0 Å². The van der Waals surface area contributed by atoms with Gasteiger partial charge in [0.15, 0.2) is 0 Å². The lowest BCUT2D eigenvalue weighted by Crippen LogP contribution is -2.08. The van der Waals surface area contributed by atoms with Gasteiger partial charge in [0.2, 0.25) is 0 Å². The number of benzene rings is 2. The first-order valence-electron chi connectivity index (χ1n) is 9.19. The first kappa shape index (κ1) is 19.7. The molecule has 0 spiro atoms. The van der Waals surface area contributed by atoms with Gasteiger partial charge in [-0.1, -0.05) is 113 Å². The van der Waals surface area contributed by atoms with Gasteiger partial charge < -0.3 is 0 Å². The Morgan fingerprint density at radius 2 is 1.54 bits per heavy atom. The molecule has 0 heterocycles. The number of hydrogen-bond acceptors (Lipinski definition) is 0. The van der Waals surface area contributed by atoms with Crippen molar-refractivity contribution in [2.45, 2.75) is 33.6 Å². The largest absolute Gasteiger partial charge is 0.0949 e. The molecular formula is C26H30. The lowest BCUT2D eigenvalue weighted by Gasteiger charge is -2.18. The Bertz CT molecular complexity index is 778. The van der Waals surface area contributed by atoms with Gasteiger partial charge in [0.1, 0.15) is 0 Å². The fourth-order valence-corrected chi connectivity index (χ4v) is 2.76. The highest BCUT2D eigenvalue weighted by Gasteiger charge is 2.11. The van der Waals surface area contributed by atoms with E-state index in [-0.39, 0.29) is 0 Å². The highest BCUT2D eigenvalue weighted by molar-refractivity contribution is 5.65. The van der Waals surface area contributed by atoms with E-state index in [1.165, 1.54) is 16.7 Å². The second-order valence-electron chi connectivity index (χ2n) is 7.96. The predicted octanol–water partition coefficient (Wildman–Crippen LogP) is 7.50. The fraction of sp³-hybridized carbons (Fsp3) is 0.231. The molecule has 0 aliphatic rings. The van der Waals surface area contributed by atoms with Crippen molar-refractivity contribution < 1.29 is 0 Å². The van der Waals surface area contributed by atoms with E-state index in [2.05, 4.69) is 88.6 Å². The van der Waals surface area contributed by atoms with Gasteiger partial charge >= 0.3 is 0 Å². The van der Waals surface area contributed by atoms with Gasteiger partial charge in [0.25, 0.3) is 0 Å². The van der Waals surface area contributed by atoms with Gasteiger partial charge in [-0.15, -0.1) is 0 Å². The Morgan fingerprint density at radius 3 is 2.15 bits per heavy atom.